The van der Waals surface area contributed by atoms with Crippen LogP contribution in [0.3, 0.4) is 0 Å². The maximum absolute atomic E-state index is 13.5. The molecule has 0 aromatic heterocycles. The van der Waals surface area contributed by atoms with Gasteiger partial charge < -0.3 is 24.7 Å². The van der Waals surface area contributed by atoms with Crippen LogP contribution < -0.4 is 4.90 Å². The third kappa shape index (κ3) is 4.54. The Morgan fingerprint density at radius 1 is 0.970 bits per heavy atom. The van der Waals surface area contributed by atoms with Gasteiger partial charge in [-0.15, -0.1) is 0 Å². The Labute approximate surface area is 201 Å². The Kier molecular flexibility index (Phi) is 6.45. The van der Waals surface area contributed by atoms with E-state index in [0.717, 1.165) is 81.8 Å². The fourth-order valence-electron chi connectivity index (χ4n) is 6.27. The van der Waals surface area contributed by atoms with Crippen molar-refractivity contribution in [3.05, 3.63) is 29.3 Å². The number of hydrogen-bond acceptors (Lipinski definition) is 4. The minimum Gasteiger partial charge on any atom is -0.393 e. The van der Waals surface area contributed by atoms with Crippen molar-refractivity contribution in [3.63, 3.8) is 0 Å². The Bertz CT molecular complexity index is 882. The first kappa shape index (κ1) is 22.8. The molecular formula is C25H35ClN4O3. The van der Waals surface area contributed by atoms with Gasteiger partial charge in [0.25, 0.3) is 0 Å². The van der Waals surface area contributed by atoms with E-state index in [1.165, 1.54) is 0 Å². The van der Waals surface area contributed by atoms with E-state index in [9.17, 15) is 14.7 Å². The van der Waals surface area contributed by atoms with E-state index in [2.05, 4.69) is 15.9 Å². The third-order valence-corrected chi connectivity index (χ3v) is 8.46. The van der Waals surface area contributed by atoms with Gasteiger partial charge in [0.2, 0.25) is 5.91 Å². The van der Waals surface area contributed by atoms with Gasteiger partial charge in [0.05, 0.1) is 11.5 Å². The molecule has 3 heterocycles. The molecule has 1 atom stereocenters. The molecule has 3 aliphatic heterocycles. The Hall–Kier alpha value is -1.99. The highest BCUT2D eigenvalue weighted by atomic mass is 35.5. The van der Waals surface area contributed by atoms with Gasteiger partial charge in [0, 0.05) is 62.6 Å². The third-order valence-electron chi connectivity index (χ3n) is 8.22. The van der Waals surface area contributed by atoms with Gasteiger partial charge >= 0.3 is 6.03 Å². The summed E-state index contributed by atoms with van der Waals surface area (Å²) in [5, 5.41) is 10.6. The number of urea groups is 1. The standard InChI is InChI=1S/C25H35ClN4O3/c26-19-3-1-4-21(17-19)27-13-15-28(16-14-27)24(33)29-11-2-9-25(18-29)10-12-30(23(25)32)20-5-7-22(31)8-6-20/h1,3-4,17,20,22,31H,2,5-16,18H2/t20-,22-,25?. The summed E-state index contributed by atoms with van der Waals surface area (Å²) in [6, 6.07) is 8.19. The lowest BCUT2D eigenvalue weighted by Crippen LogP contribution is -2.57. The first-order chi connectivity index (χ1) is 15.9. The monoisotopic (exact) mass is 474 g/mol. The molecule has 0 bridgehead atoms. The van der Waals surface area contributed by atoms with Gasteiger partial charge in [-0.05, 0) is 63.1 Å². The van der Waals surface area contributed by atoms with Crippen molar-refractivity contribution in [3.8, 4) is 0 Å². The fraction of sp³-hybridized carbons (Fsp3) is 0.680. The lowest BCUT2D eigenvalue weighted by Gasteiger charge is -2.43. The molecule has 5 rings (SSSR count). The number of rotatable bonds is 2. The van der Waals surface area contributed by atoms with Crippen molar-refractivity contribution in [1.29, 1.82) is 0 Å². The number of anilines is 1. The Morgan fingerprint density at radius 2 is 1.73 bits per heavy atom. The average Bonchev–Trinajstić information content (AvgIpc) is 3.14. The normalized spacial score (nSPS) is 30.9. The van der Waals surface area contributed by atoms with Crippen LogP contribution >= 0.6 is 11.6 Å². The highest BCUT2D eigenvalue weighted by Gasteiger charge is 2.51. The van der Waals surface area contributed by atoms with E-state index in [-0.39, 0.29) is 24.1 Å². The number of nitrogens with zero attached hydrogens (tertiary/aromatic N) is 4. The van der Waals surface area contributed by atoms with Gasteiger partial charge in [0.1, 0.15) is 0 Å². The fourth-order valence-corrected chi connectivity index (χ4v) is 6.45. The number of halogens is 1. The van der Waals surface area contributed by atoms with Crippen molar-refractivity contribution in [2.24, 2.45) is 5.41 Å². The first-order valence-corrected chi connectivity index (χ1v) is 12.9. The molecule has 1 saturated carbocycles. The summed E-state index contributed by atoms with van der Waals surface area (Å²) in [5.41, 5.74) is 0.686. The molecule has 1 spiro atoms. The summed E-state index contributed by atoms with van der Waals surface area (Å²) in [5.74, 6) is 0.243. The molecule has 7 nitrogen and oxygen atoms in total. The van der Waals surface area contributed by atoms with Crippen molar-refractivity contribution < 1.29 is 14.7 Å². The summed E-state index contributed by atoms with van der Waals surface area (Å²) >= 11 is 6.14. The molecule has 8 heteroatoms. The van der Waals surface area contributed by atoms with Gasteiger partial charge in [-0.3, -0.25) is 4.79 Å². The highest BCUT2D eigenvalue weighted by molar-refractivity contribution is 6.30. The zero-order chi connectivity index (χ0) is 23.0. The van der Waals surface area contributed by atoms with Crippen LogP contribution in [0.4, 0.5) is 10.5 Å². The second kappa shape index (κ2) is 9.34. The Balaban J connectivity index is 1.19. The number of likely N-dealkylation sites (tertiary alicyclic amines) is 2. The molecule has 1 aromatic rings. The van der Waals surface area contributed by atoms with Gasteiger partial charge in [0.15, 0.2) is 0 Å². The van der Waals surface area contributed by atoms with Crippen molar-refractivity contribution in [2.45, 2.75) is 57.1 Å². The smallest absolute Gasteiger partial charge is 0.320 e. The molecule has 3 amide bonds. The minimum atomic E-state index is -0.410. The van der Waals surface area contributed by atoms with Crippen LogP contribution in [0.15, 0.2) is 24.3 Å². The van der Waals surface area contributed by atoms with Crippen molar-refractivity contribution >= 4 is 29.2 Å². The molecule has 1 N–H and O–H groups in total. The largest absolute Gasteiger partial charge is 0.393 e. The van der Waals surface area contributed by atoms with E-state index in [1.54, 1.807) is 0 Å². The maximum Gasteiger partial charge on any atom is 0.320 e. The predicted molar refractivity (Wildman–Crippen MR) is 128 cm³/mol. The van der Waals surface area contributed by atoms with Crippen LogP contribution in [0, 0.1) is 5.41 Å². The highest BCUT2D eigenvalue weighted by Crippen LogP contribution is 2.42. The molecule has 1 unspecified atom stereocenters. The van der Waals surface area contributed by atoms with Crippen molar-refractivity contribution in [2.75, 3.05) is 50.7 Å². The molecule has 1 aliphatic carbocycles. The summed E-state index contributed by atoms with van der Waals surface area (Å²) in [7, 11) is 0. The second-order valence-electron chi connectivity index (χ2n) is 10.3. The number of piperazine rings is 1. The molecular weight excluding hydrogens is 440 g/mol. The van der Waals surface area contributed by atoms with Crippen LogP contribution in [-0.2, 0) is 4.79 Å². The number of aliphatic hydroxyl groups is 1. The van der Waals surface area contributed by atoms with Gasteiger partial charge in [-0.1, -0.05) is 17.7 Å². The van der Waals surface area contributed by atoms with E-state index >= 15 is 0 Å². The van der Waals surface area contributed by atoms with E-state index in [0.29, 0.717) is 19.6 Å². The SMILES string of the molecule is O=C(N1CCN(c2cccc(Cl)c2)CC1)N1CCCC2(CCN([C@H]3CC[C@H](O)CC3)C2=O)C1. The first-order valence-electron chi connectivity index (χ1n) is 12.5. The molecule has 4 aliphatic rings. The molecule has 1 aromatic carbocycles. The zero-order valence-corrected chi connectivity index (χ0v) is 20.1. The van der Waals surface area contributed by atoms with E-state index in [1.807, 2.05) is 28.0 Å². The molecule has 0 radical (unpaired) electrons. The van der Waals surface area contributed by atoms with Crippen LogP contribution in [0.5, 0.6) is 0 Å². The molecule has 180 valence electrons. The lowest BCUT2D eigenvalue weighted by molar-refractivity contribution is -0.141. The average molecular weight is 475 g/mol. The summed E-state index contributed by atoms with van der Waals surface area (Å²) in [4.78, 5) is 35.1. The maximum atomic E-state index is 13.5. The zero-order valence-electron chi connectivity index (χ0n) is 19.3. The number of amides is 3. The van der Waals surface area contributed by atoms with E-state index in [4.69, 9.17) is 11.6 Å². The number of carbonyl (C=O) groups is 2. The van der Waals surface area contributed by atoms with Crippen molar-refractivity contribution in [1.82, 2.24) is 14.7 Å². The van der Waals surface area contributed by atoms with Crippen LogP contribution in [0.1, 0.15) is 44.9 Å². The van der Waals surface area contributed by atoms with Crippen LogP contribution in [-0.4, -0.2) is 89.7 Å². The number of piperidine rings is 1. The quantitative estimate of drug-likeness (QED) is 0.714. The van der Waals surface area contributed by atoms with E-state index < -0.39 is 5.41 Å². The number of carbonyl (C=O) groups excluding carboxylic acids is 2. The summed E-state index contributed by atoms with van der Waals surface area (Å²) < 4.78 is 0. The van der Waals surface area contributed by atoms with Gasteiger partial charge in [-0.2, -0.15) is 0 Å². The van der Waals surface area contributed by atoms with Crippen LogP contribution in [0.2, 0.25) is 5.02 Å². The molecule has 33 heavy (non-hydrogen) atoms. The predicted octanol–water partition coefficient (Wildman–Crippen LogP) is 3.20. The topological polar surface area (TPSA) is 67.3 Å². The molecule has 3 saturated heterocycles. The summed E-state index contributed by atoms with van der Waals surface area (Å²) in [6.45, 7) is 5.00. The van der Waals surface area contributed by atoms with Crippen LogP contribution in [0.25, 0.3) is 0 Å². The lowest BCUT2D eigenvalue weighted by atomic mass is 9.78. The second-order valence-corrected chi connectivity index (χ2v) is 10.7. The number of hydrogen-bond donors (Lipinski definition) is 1. The number of aliphatic hydroxyl groups excluding tert-OH is 1. The number of benzene rings is 1. The molecule has 4 fully saturated rings. The van der Waals surface area contributed by atoms with Gasteiger partial charge in [-0.25, -0.2) is 4.79 Å². The Morgan fingerprint density at radius 3 is 2.45 bits per heavy atom. The summed E-state index contributed by atoms with van der Waals surface area (Å²) in [6.07, 6.45) is 5.75. The minimum absolute atomic E-state index is 0.0758.